The quantitative estimate of drug-likeness (QED) is 0.490. The van der Waals surface area contributed by atoms with Gasteiger partial charge in [-0.25, -0.2) is 0 Å². The highest BCUT2D eigenvalue weighted by Crippen LogP contribution is 2.42. The minimum atomic E-state index is -1.47. The molecule has 0 saturated carbocycles. The third-order valence-electron chi connectivity index (χ3n) is 4.18. The van der Waals surface area contributed by atoms with Crippen LogP contribution in [0.3, 0.4) is 0 Å². The van der Waals surface area contributed by atoms with Crippen molar-refractivity contribution in [2.75, 3.05) is 0 Å². The van der Waals surface area contributed by atoms with Crippen LogP contribution in [0.2, 0.25) is 0 Å². The fourth-order valence-electron chi connectivity index (χ4n) is 2.91. The number of para-hydroxylation sites is 2. The minimum absolute atomic E-state index is 0.0736. The molecule has 3 rings (SSSR count). The highest BCUT2D eigenvalue weighted by Gasteiger charge is 2.43. The standard InChI is InChI=1S/C19H17N3O4/c1-13-10-11-18(24)19(12-13,14-6-2-4-8-16(14)22(25)26)21-20-15-7-3-5-9-17(15)23/h2-12,18,23-24H,1H3/t18-,19-/m1/s1. The Morgan fingerprint density at radius 3 is 2.58 bits per heavy atom. The van der Waals surface area contributed by atoms with E-state index in [1.165, 1.54) is 18.2 Å². The van der Waals surface area contributed by atoms with Crippen LogP contribution >= 0.6 is 0 Å². The normalized spacial score (nSPS) is 22.4. The van der Waals surface area contributed by atoms with Gasteiger partial charge < -0.3 is 10.2 Å². The molecule has 2 N–H and O–H groups in total. The molecular weight excluding hydrogens is 334 g/mol. The molecule has 0 aliphatic heterocycles. The monoisotopic (exact) mass is 351 g/mol. The van der Waals surface area contributed by atoms with Crippen LogP contribution in [-0.4, -0.2) is 21.2 Å². The van der Waals surface area contributed by atoms with Crippen molar-refractivity contribution in [3.05, 3.63) is 88.0 Å². The number of phenols is 1. The molecule has 2 aromatic carbocycles. The van der Waals surface area contributed by atoms with Gasteiger partial charge in [-0.15, -0.1) is 0 Å². The van der Waals surface area contributed by atoms with Gasteiger partial charge in [0.2, 0.25) is 0 Å². The lowest BCUT2D eigenvalue weighted by atomic mass is 9.79. The highest BCUT2D eigenvalue weighted by atomic mass is 16.6. The van der Waals surface area contributed by atoms with Gasteiger partial charge in [0.05, 0.1) is 10.5 Å². The zero-order chi connectivity index (χ0) is 18.7. The van der Waals surface area contributed by atoms with Gasteiger partial charge in [-0.2, -0.15) is 10.2 Å². The third-order valence-corrected chi connectivity index (χ3v) is 4.18. The molecule has 0 spiro atoms. The number of nitro benzene ring substituents is 1. The van der Waals surface area contributed by atoms with Crippen LogP contribution < -0.4 is 0 Å². The van der Waals surface area contributed by atoms with E-state index in [9.17, 15) is 20.3 Å². The SMILES string of the molecule is CC1=C[C@@](N=Nc2ccccc2O)(c2ccccc2[N+](=O)[O-])[C@H](O)C=C1. The maximum Gasteiger partial charge on any atom is 0.275 e. The number of hydrogen-bond donors (Lipinski definition) is 2. The highest BCUT2D eigenvalue weighted by molar-refractivity contribution is 5.53. The summed E-state index contributed by atoms with van der Waals surface area (Å²) in [5.74, 6) is -0.0736. The van der Waals surface area contributed by atoms with E-state index in [0.29, 0.717) is 0 Å². The van der Waals surface area contributed by atoms with Crippen molar-refractivity contribution in [1.29, 1.82) is 0 Å². The number of phenolic OH excluding ortho intramolecular Hbond substituents is 1. The number of aliphatic hydroxyl groups excluding tert-OH is 1. The average molecular weight is 351 g/mol. The van der Waals surface area contributed by atoms with Crippen LogP contribution in [0.15, 0.2) is 82.6 Å². The molecule has 0 fully saturated rings. The summed E-state index contributed by atoms with van der Waals surface area (Å²) < 4.78 is 0. The van der Waals surface area contributed by atoms with E-state index < -0.39 is 16.6 Å². The summed E-state index contributed by atoms with van der Waals surface area (Å²) in [5, 5.41) is 40.4. The number of azo groups is 1. The first-order valence-electron chi connectivity index (χ1n) is 7.94. The molecule has 7 heteroatoms. The van der Waals surface area contributed by atoms with Gasteiger partial charge in [-0.05, 0) is 31.2 Å². The second-order valence-corrected chi connectivity index (χ2v) is 5.98. The van der Waals surface area contributed by atoms with Crippen molar-refractivity contribution < 1.29 is 15.1 Å². The Morgan fingerprint density at radius 1 is 1.15 bits per heavy atom. The minimum Gasteiger partial charge on any atom is -0.506 e. The van der Waals surface area contributed by atoms with Gasteiger partial charge >= 0.3 is 0 Å². The number of aromatic hydroxyl groups is 1. The number of benzene rings is 2. The predicted molar refractivity (Wildman–Crippen MR) is 96.3 cm³/mol. The molecule has 0 amide bonds. The first kappa shape index (κ1) is 17.5. The molecule has 7 nitrogen and oxygen atoms in total. The number of rotatable bonds is 4. The van der Waals surface area contributed by atoms with Gasteiger partial charge in [-0.1, -0.05) is 42.0 Å². The van der Waals surface area contributed by atoms with Crippen LogP contribution in [0.5, 0.6) is 5.75 Å². The van der Waals surface area contributed by atoms with E-state index in [0.717, 1.165) is 5.57 Å². The molecule has 0 aromatic heterocycles. The van der Waals surface area contributed by atoms with Gasteiger partial charge in [0.1, 0.15) is 17.5 Å². The first-order chi connectivity index (χ1) is 12.4. The summed E-state index contributed by atoms with van der Waals surface area (Å²) in [6, 6.07) is 12.5. The lowest BCUT2D eigenvalue weighted by molar-refractivity contribution is -0.386. The number of aliphatic hydroxyl groups is 1. The Labute approximate surface area is 149 Å². The van der Waals surface area contributed by atoms with Gasteiger partial charge in [-0.3, -0.25) is 10.1 Å². The smallest absolute Gasteiger partial charge is 0.275 e. The van der Waals surface area contributed by atoms with Crippen molar-refractivity contribution in [2.24, 2.45) is 10.2 Å². The Bertz CT molecular complexity index is 936. The fourth-order valence-corrected chi connectivity index (χ4v) is 2.91. The first-order valence-corrected chi connectivity index (χ1v) is 7.94. The Kier molecular flexibility index (Phi) is 4.64. The van der Waals surface area contributed by atoms with E-state index in [1.54, 1.807) is 55.5 Å². The van der Waals surface area contributed by atoms with Crippen LogP contribution in [0.1, 0.15) is 12.5 Å². The largest absolute Gasteiger partial charge is 0.506 e. The summed E-state index contributed by atoms with van der Waals surface area (Å²) >= 11 is 0. The van der Waals surface area contributed by atoms with Crippen LogP contribution in [0.4, 0.5) is 11.4 Å². The second-order valence-electron chi connectivity index (χ2n) is 5.98. The topological polar surface area (TPSA) is 108 Å². The molecule has 0 radical (unpaired) electrons. The zero-order valence-electron chi connectivity index (χ0n) is 14.0. The third kappa shape index (κ3) is 3.12. The molecule has 1 aliphatic carbocycles. The Hall–Kier alpha value is -3.32. The van der Waals surface area contributed by atoms with Crippen LogP contribution in [0, 0.1) is 10.1 Å². The predicted octanol–water partition coefficient (Wildman–Crippen LogP) is 4.16. The molecule has 2 atom stereocenters. The second kappa shape index (κ2) is 6.89. The van der Waals surface area contributed by atoms with Crippen LogP contribution in [0.25, 0.3) is 0 Å². The maximum absolute atomic E-state index is 11.5. The molecule has 0 heterocycles. The molecule has 0 bridgehead atoms. The van der Waals surface area contributed by atoms with E-state index in [-0.39, 0.29) is 22.7 Å². The molecule has 0 unspecified atom stereocenters. The summed E-state index contributed by atoms with van der Waals surface area (Å²) in [6.45, 7) is 1.81. The fraction of sp³-hybridized carbons (Fsp3) is 0.158. The summed E-state index contributed by atoms with van der Waals surface area (Å²) in [7, 11) is 0. The number of nitro groups is 1. The molecule has 132 valence electrons. The van der Waals surface area contributed by atoms with Crippen molar-refractivity contribution in [3.8, 4) is 5.75 Å². The number of hydrogen-bond acceptors (Lipinski definition) is 6. The van der Waals surface area contributed by atoms with E-state index in [2.05, 4.69) is 10.2 Å². The molecule has 0 saturated heterocycles. The summed E-state index contributed by atoms with van der Waals surface area (Å²) in [4.78, 5) is 11.0. The Balaban J connectivity index is 2.21. The van der Waals surface area contributed by atoms with E-state index in [1.807, 2.05) is 0 Å². The van der Waals surface area contributed by atoms with Gasteiger partial charge in [0, 0.05) is 6.07 Å². The van der Waals surface area contributed by atoms with Gasteiger partial charge in [0.15, 0.2) is 5.54 Å². The number of nitrogens with zero attached hydrogens (tertiary/aromatic N) is 3. The van der Waals surface area contributed by atoms with E-state index in [4.69, 9.17) is 0 Å². The Morgan fingerprint density at radius 2 is 1.85 bits per heavy atom. The van der Waals surface area contributed by atoms with Crippen molar-refractivity contribution in [2.45, 2.75) is 18.6 Å². The zero-order valence-corrected chi connectivity index (χ0v) is 14.0. The van der Waals surface area contributed by atoms with Crippen molar-refractivity contribution >= 4 is 11.4 Å². The van der Waals surface area contributed by atoms with Crippen molar-refractivity contribution in [1.82, 2.24) is 0 Å². The summed E-state index contributed by atoms with van der Waals surface area (Å²) in [5.41, 5.74) is -0.421. The lowest BCUT2D eigenvalue weighted by Gasteiger charge is -2.31. The van der Waals surface area contributed by atoms with Crippen LogP contribution in [-0.2, 0) is 5.54 Å². The average Bonchev–Trinajstić information content (AvgIpc) is 2.63. The van der Waals surface area contributed by atoms with Crippen molar-refractivity contribution in [3.63, 3.8) is 0 Å². The summed E-state index contributed by atoms with van der Waals surface area (Å²) in [6.07, 6.45) is 3.73. The molecular formula is C19H17N3O4. The molecule has 1 aliphatic rings. The molecule has 26 heavy (non-hydrogen) atoms. The number of allylic oxidation sites excluding steroid dienone is 2. The lowest BCUT2D eigenvalue weighted by Crippen LogP contribution is -2.37. The molecule has 2 aromatic rings. The van der Waals surface area contributed by atoms with Gasteiger partial charge in [0.25, 0.3) is 5.69 Å². The van der Waals surface area contributed by atoms with E-state index >= 15 is 0 Å². The maximum atomic E-state index is 11.5.